The summed E-state index contributed by atoms with van der Waals surface area (Å²) in [5.74, 6) is 1.60. The van der Waals surface area contributed by atoms with Crippen molar-refractivity contribution >= 4 is 39.0 Å². The molecular formula is C15H14N2OS2. The van der Waals surface area contributed by atoms with Crippen molar-refractivity contribution < 1.29 is 4.74 Å². The Balaban J connectivity index is 1.54. The largest absolute Gasteiger partial charge is 0.491 e. The highest BCUT2D eigenvalue weighted by atomic mass is 32.2. The summed E-state index contributed by atoms with van der Waals surface area (Å²) in [6.45, 7) is 0.620. The molecule has 1 aromatic heterocycles. The fraction of sp³-hybridized carbons (Fsp3) is 0.133. The lowest BCUT2D eigenvalue weighted by Crippen LogP contribution is -2.02. The van der Waals surface area contributed by atoms with Gasteiger partial charge in [0.2, 0.25) is 0 Å². The van der Waals surface area contributed by atoms with Gasteiger partial charge in [0.25, 0.3) is 0 Å². The van der Waals surface area contributed by atoms with Crippen LogP contribution in [0, 0.1) is 0 Å². The maximum absolute atomic E-state index is 5.82. The van der Waals surface area contributed by atoms with Crippen LogP contribution in [0.15, 0.2) is 52.9 Å². The molecular weight excluding hydrogens is 288 g/mol. The molecule has 3 aromatic rings. The number of rotatable bonds is 5. The van der Waals surface area contributed by atoms with Gasteiger partial charge in [-0.05, 0) is 24.3 Å². The van der Waals surface area contributed by atoms with Crippen molar-refractivity contribution in [1.82, 2.24) is 4.98 Å². The lowest BCUT2D eigenvalue weighted by molar-refractivity contribution is 0.346. The minimum atomic E-state index is 0.620. The van der Waals surface area contributed by atoms with E-state index in [1.54, 1.807) is 23.1 Å². The van der Waals surface area contributed by atoms with Gasteiger partial charge in [0.1, 0.15) is 5.75 Å². The molecule has 0 spiro atoms. The van der Waals surface area contributed by atoms with E-state index < -0.39 is 0 Å². The number of nitrogens with zero attached hydrogens (tertiary/aromatic N) is 1. The van der Waals surface area contributed by atoms with E-state index in [2.05, 4.69) is 11.1 Å². The first-order valence-corrected chi connectivity index (χ1v) is 8.09. The average molecular weight is 302 g/mol. The lowest BCUT2D eigenvalue weighted by atomic mass is 10.3. The fourth-order valence-corrected chi connectivity index (χ4v) is 3.76. The molecule has 1 heterocycles. The Kier molecular flexibility index (Phi) is 4.08. The number of thiazole rings is 1. The Hall–Kier alpha value is -1.72. The van der Waals surface area contributed by atoms with Gasteiger partial charge < -0.3 is 10.5 Å². The van der Waals surface area contributed by atoms with Crippen molar-refractivity contribution in [2.75, 3.05) is 18.1 Å². The van der Waals surface area contributed by atoms with E-state index in [0.29, 0.717) is 12.3 Å². The van der Waals surface area contributed by atoms with Crippen LogP contribution in [0.3, 0.4) is 0 Å². The molecule has 2 aromatic carbocycles. The average Bonchev–Trinajstić information content (AvgIpc) is 2.88. The standard InChI is InChI=1S/C15H14N2OS2/c16-11-5-1-3-7-13(11)18-9-10-19-15-17-12-6-2-4-8-14(12)20-15/h1-8H,9-10,16H2. The number of ether oxygens (including phenoxy) is 1. The van der Waals surface area contributed by atoms with Gasteiger partial charge in [0.15, 0.2) is 4.34 Å². The third-order valence-electron chi connectivity index (χ3n) is 2.76. The number of thioether (sulfide) groups is 1. The Morgan fingerprint density at radius 1 is 1.10 bits per heavy atom. The third-order valence-corrected chi connectivity index (χ3v) is 4.90. The highest BCUT2D eigenvalue weighted by Crippen LogP contribution is 2.29. The fourth-order valence-electron chi connectivity index (χ4n) is 1.81. The summed E-state index contributed by atoms with van der Waals surface area (Å²) in [6.07, 6.45) is 0. The molecule has 0 saturated heterocycles. The molecule has 0 aliphatic carbocycles. The zero-order chi connectivity index (χ0) is 13.8. The summed E-state index contributed by atoms with van der Waals surface area (Å²) < 4.78 is 7.97. The first-order chi connectivity index (χ1) is 9.83. The van der Waals surface area contributed by atoms with Crippen LogP contribution in [0.1, 0.15) is 0 Å². The molecule has 5 heteroatoms. The van der Waals surface area contributed by atoms with Crippen molar-refractivity contribution in [3.05, 3.63) is 48.5 Å². The van der Waals surface area contributed by atoms with Crippen molar-refractivity contribution in [1.29, 1.82) is 0 Å². The zero-order valence-corrected chi connectivity index (χ0v) is 12.4. The van der Waals surface area contributed by atoms with Gasteiger partial charge in [-0.3, -0.25) is 0 Å². The Labute approximate surface area is 125 Å². The zero-order valence-electron chi connectivity index (χ0n) is 10.8. The van der Waals surface area contributed by atoms with Crippen LogP contribution in [-0.2, 0) is 0 Å². The van der Waals surface area contributed by atoms with Gasteiger partial charge in [-0.25, -0.2) is 4.98 Å². The van der Waals surface area contributed by atoms with E-state index in [1.807, 2.05) is 42.5 Å². The van der Waals surface area contributed by atoms with E-state index in [-0.39, 0.29) is 0 Å². The number of fused-ring (bicyclic) bond motifs is 1. The molecule has 0 unspecified atom stereocenters. The van der Waals surface area contributed by atoms with Gasteiger partial charge in [-0.1, -0.05) is 36.0 Å². The third kappa shape index (κ3) is 3.05. The molecule has 0 aliphatic heterocycles. The van der Waals surface area contributed by atoms with Crippen LogP contribution in [0.25, 0.3) is 10.2 Å². The van der Waals surface area contributed by atoms with Gasteiger partial charge in [-0.2, -0.15) is 0 Å². The van der Waals surface area contributed by atoms with Crippen LogP contribution in [0.5, 0.6) is 5.75 Å². The number of para-hydroxylation sites is 3. The number of nitrogen functional groups attached to an aromatic ring is 1. The molecule has 2 N–H and O–H groups in total. The number of anilines is 1. The molecule has 102 valence electrons. The molecule has 0 saturated carbocycles. The number of hydrogen-bond donors (Lipinski definition) is 1. The summed E-state index contributed by atoms with van der Waals surface area (Å²) in [5, 5.41) is 0. The first kappa shape index (κ1) is 13.3. The van der Waals surface area contributed by atoms with Crippen LogP contribution in [0.2, 0.25) is 0 Å². The van der Waals surface area contributed by atoms with Crippen molar-refractivity contribution in [2.24, 2.45) is 0 Å². The monoisotopic (exact) mass is 302 g/mol. The number of benzene rings is 2. The second kappa shape index (κ2) is 6.15. The van der Waals surface area contributed by atoms with Gasteiger partial charge >= 0.3 is 0 Å². The normalized spacial score (nSPS) is 10.8. The van der Waals surface area contributed by atoms with Crippen LogP contribution < -0.4 is 10.5 Å². The predicted octanol–water partition coefficient (Wildman–Crippen LogP) is 4.05. The molecule has 0 bridgehead atoms. The molecule has 3 nitrogen and oxygen atoms in total. The number of nitrogens with two attached hydrogens (primary N) is 1. The Morgan fingerprint density at radius 3 is 2.75 bits per heavy atom. The van der Waals surface area contributed by atoms with Crippen LogP contribution in [-0.4, -0.2) is 17.3 Å². The van der Waals surface area contributed by atoms with E-state index >= 15 is 0 Å². The minimum absolute atomic E-state index is 0.620. The van der Waals surface area contributed by atoms with E-state index in [1.165, 1.54) is 4.70 Å². The topological polar surface area (TPSA) is 48.1 Å². The molecule has 20 heavy (non-hydrogen) atoms. The highest BCUT2D eigenvalue weighted by Gasteiger charge is 2.04. The summed E-state index contributed by atoms with van der Waals surface area (Å²) in [7, 11) is 0. The van der Waals surface area contributed by atoms with E-state index in [0.717, 1.165) is 21.4 Å². The first-order valence-electron chi connectivity index (χ1n) is 6.28. The maximum atomic E-state index is 5.82. The summed E-state index contributed by atoms with van der Waals surface area (Å²) in [4.78, 5) is 4.58. The van der Waals surface area contributed by atoms with Crippen molar-refractivity contribution in [3.63, 3.8) is 0 Å². The Bertz CT molecular complexity index is 679. The minimum Gasteiger partial charge on any atom is -0.491 e. The quantitative estimate of drug-likeness (QED) is 0.439. The molecule has 0 radical (unpaired) electrons. The van der Waals surface area contributed by atoms with Crippen molar-refractivity contribution in [3.8, 4) is 5.75 Å². The Morgan fingerprint density at radius 2 is 1.90 bits per heavy atom. The summed E-state index contributed by atoms with van der Waals surface area (Å²) >= 11 is 3.43. The highest BCUT2D eigenvalue weighted by molar-refractivity contribution is 8.01. The number of aromatic nitrogens is 1. The van der Waals surface area contributed by atoms with Gasteiger partial charge in [0.05, 0.1) is 22.5 Å². The van der Waals surface area contributed by atoms with Crippen molar-refractivity contribution in [2.45, 2.75) is 4.34 Å². The lowest BCUT2D eigenvalue weighted by Gasteiger charge is -2.07. The molecule has 3 rings (SSSR count). The summed E-state index contributed by atoms with van der Waals surface area (Å²) in [5.41, 5.74) is 7.56. The van der Waals surface area contributed by atoms with Gasteiger partial charge in [-0.15, -0.1) is 11.3 Å². The van der Waals surface area contributed by atoms with Gasteiger partial charge in [0, 0.05) is 5.75 Å². The molecule has 0 atom stereocenters. The predicted molar refractivity (Wildman–Crippen MR) is 86.7 cm³/mol. The van der Waals surface area contributed by atoms with E-state index in [9.17, 15) is 0 Å². The second-order valence-corrected chi connectivity index (χ2v) is 6.55. The smallest absolute Gasteiger partial charge is 0.151 e. The van der Waals surface area contributed by atoms with Crippen LogP contribution >= 0.6 is 23.1 Å². The SMILES string of the molecule is Nc1ccccc1OCCSc1nc2ccccc2s1. The summed E-state index contributed by atoms with van der Waals surface area (Å²) in [6, 6.07) is 15.7. The molecule has 0 aliphatic rings. The second-order valence-electron chi connectivity index (χ2n) is 4.18. The maximum Gasteiger partial charge on any atom is 0.151 e. The molecule has 0 amide bonds. The van der Waals surface area contributed by atoms with E-state index in [4.69, 9.17) is 10.5 Å². The molecule has 0 fully saturated rings. The van der Waals surface area contributed by atoms with Crippen LogP contribution in [0.4, 0.5) is 5.69 Å². The number of hydrogen-bond acceptors (Lipinski definition) is 5.